The second-order valence-corrected chi connectivity index (χ2v) is 14.4. The van der Waals surface area contributed by atoms with Crippen LogP contribution >= 0.6 is 0 Å². The molecule has 4 N–H and O–H groups in total. The molecule has 2 aromatic carbocycles. The molecule has 2 heterocycles. The average molecular weight is 531 g/mol. The maximum absolute atomic E-state index is 14.0. The second kappa shape index (κ2) is 10.4. The van der Waals surface area contributed by atoms with Crippen molar-refractivity contribution in [3.63, 3.8) is 0 Å². The van der Waals surface area contributed by atoms with Crippen LogP contribution < -0.4 is 21.6 Å². The molecule has 9 nitrogen and oxygen atoms in total. The van der Waals surface area contributed by atoms with Crippen molar-refractivity contribution in [1.82, 2.24) is 9.55 Å². The van der Waals surface area contributed by atoms with E-state index in [9.17, 15) is 29.3 Å². The van der Waals surface area contributed by atoms with Crippen LogP contribution in [0, 0.1) is 5.82 Å². The van der Waals surface area contributed by atoms with Gasteiger partial charge in [-0.1, -0.05) is 81.4 Å². The van der Waals surface area contributed by atoms with Gasteiger partial charge in [0.1, 0.15) is 24.4 Å². The van der Waals surface area contributed by atoms with Crippen molar-refractivity contribution in [2.45, 2.75) is 56.5 Å². The molecule has 3 aromatic rings. The van der Waals surface area contributed by atoms with Gasteiger partial charge in [0.05, 0.1) is 6.61 Å². The highest BCUT2D eigenvalue weighted by molar-refractivity contribution is 6.99. The van der Waals surface area contributed by atoms with Gasteiger partial charge in [-0.15, -0.1) is 0 Å². The summed E-state index contributed by atoms with van der Waals surface area (Å²) in [5.41, 5.74) is -2.37. The normalized spacial score (nSPS) is 24.7. The molecule has 1 aromatic heterocycles. The standard InChI is InChI=1S/C26H31FN2O7Si/c1-26(2,3)37(16-10-6-4-7-11-16,17-12-8-5-9-13-17)35-15-19-20(30)21(31)22(32)24(36-19)29-23(33)18(27)14-28-25(29)34/h4-14,19-22,24,30-32H,15H2,1-3H3,(H,28,34)/t19-,20+,21+,22-,24?/m1/s1. The molecule has 0 amide bonds. The van der Waals surface area contributed by atoms with Gasteiger partial charge in [-0.3, -0.25) is 4.79 Å². The number of rotatable bonds is 6. The van der Waals surface area contributed by atoms with Crippen LogP contribution in [0.3, 0.4) is 0 Å². The number of aromatic amines is 1. The van der Waals surface area contributed by atoms with Crippen molar-refractivity contribution in [2.24, 2.45) is 0 Å². The molecule has 1 aliphatic rings. The summed E-state index contributed by atoms with van der Waals surface area (Å²) in [4.78, 5) is 26.7. The first-order valence-corrected chi connectivity index (χ1v) is 13.8. The average Bonchev–Trinajstić information content (AvgIpc) is 2.88. The van der Waals surface area contributed by atoms with E-state index in [0.29, 0.717) is 10.8 Å². The fraction of sp³-hybridized carbons (Fsp3) is 0.385. The van der Waals surface area contributed by atoms with E-state index >= 15 is 0 Å². The van der Waals surface area contributed by atoms with Crippen LogP contribution in [0.15, 0.2) is 76.4 Å². The lowest BCUT2D eigenvalue weighted by atomic mass is 9.98. The molecule has 1 unspecified atom stereocenters. The van der Waals surface area contributed by atoms with Crippen molar-refractivity contribution in [3.05, 3.63) is 93.5 Å². The number of aliphatic hydroxyl groups is 3. The first-order chi connectivity index (χ1) is 17.5. The number of hydrogen-bond acceptors (Lipinski definition) is 7. The predicted octanol–water partition coefficient (Wildman–Crippen LogP) is 0.232. The third-order valence-electron chi connectivity index (χ3n) is 6.79. The van der Waals surface area contributed by atoms with E-state index in [-0.39, 0.29) is 6.61 Å². The summed E-state index contributed by atoms with van der Waals surface area (Å²) >= 11 is 0. The molecule has 4 rings (SSSR count). The number of nitrogens with one attached hydrogen (secondary N) is 1. The van der Waals surface area contributed by atoms with Crippen molar-refractivity contribution in [3.8, 4) is 0 Å². The maximum atomic E-state index is 14.0. The van der Waals surface area contributed by atoms with E-state index in [1.54, 1.807) is 0 Å². The number of ether oxygens (including phenoxy) is 1. The van der Waals surface area contributed by atoms with Crippen LogP contribution in [0.1, 0.15) is 27.0 Å². The van der Waals surface area contributed by atoms with E-state index in [1.807, 2.05) is 60.7 Å². The molecule has 37 heavy (non-hydrogen) atoms. The van der Waals surface area contributed by atoms with Crippen LogP contribution in [-0.4, -0.2) is 64.2 Å². The summed E-state index contributed by atoms with van der Waals surface area (Å²) in [5, 5.41) is 33.4. The Hall–Kier alpha value is -2.93. The number of hydrogen-bond donors (Lipinski definition) is 4. The summed E-state index contributed by atoms with van der Waals surface area (Å²) in [6.45, 7) is 5.94. The Morgan fingerprint density at radius 1 is 0.946 bits per heavy atom. The van der Waals surface area contributed by atoms with Gasteiger partial charge in [-0.2, -0.15) is 4.39 Å². The largest absolute Gasteiger partial charge is 0.405 e. The summed E-state index contributed by atoms with van der Waals surface area (Å²) in [5.74, 6) is -1.27. The van der Waals surface area contributed by atoms with Crippen molar-refractivity contribution >= 4 is 18.7 Å². The van der Waals surface area contributed by atoms with Crippen molar-refractivity contribution in [2.75, 3.05) is 6.61 Å². The van der Waals surface area contributed by atoms with Gasteiger partial charge < -0.3 is 29.5 Å². The Bertz CT molecular complexity index is 1290. The highest BCUT2D eigenvalue weighted by atomic mass is 28.4. The summed E-state index contributed by atoms with van der Waals surface area (Å²) in [6.07, 6.45) is -7.67. The second-order valence-electron chi connectivity index (χ2n) is 10.1. The molecule has 0 aliphatic carbocycles. The molecular formula is C26H31FN2O7Si. The number of aliphatic hydroxyl groups excluding tert-OH is 3. The molecule has 0 saturated carbocycles. The first kappa shape index (κ1) is 27.1. The molecule has 198 valence electrons. The Morgan fingerprint density at radius 3 is 2.00 bits per heavy atom. The number of nitrogens with zero attached hydrogens (tertiary/aromatic N) is 1. The van der Waals surface area contributed by atoms with E-state index in [0.717, 1.165) is 10.4 Å². The van der Waals surface area contributed by atoms with Gasteiger partial charge in [0, 0.05) is 6.20 Å². The molecule has 1 aliphatic heterocycles. The highest BCUT2D eigenvalue weighted by Crippen LogP contribution is 2.37. The molecule has 0 radical (unpaired) electrons. The number of halogens is 1. The minimum Gasteiger partial charge on any atom is -0.405 e. The van der Waals surface area contributed by atoms with Crippen LogP contribution in [0.5, 0.6) is 0 Å². The van der Waals surface area contributed by atoms with Gasteiger partial charge in [-0.25, -0.2) is 9.36 Å². The van der Waals surface area contributed by atoms with Crippen molar-refractivity contribution < 1.29 is 28.9 Å². The third-order valence-corrected chi connectivity index (χ3v) is 11.8. The fourth-order valence-corrected chi connectivity index (χ4v) is 9.52. The zero-order valence-corrected chi connectivity index (χ0v) is 21.7. The minimum atomic E-state index is -3.07. The smallest absolute Gasteiger partial charge is 0.330 e. The maximum Gasteiger partial charge on any atom is 0.330 e. The van der Waals surface area contributed by atoms with Crippen LogP contribution in [0.25, 0.3) is 0 Å². The van der Waals surface area contributed by atoms with Gasteiger partial charge in [0.2, 0.25) is 5.82 Å². The quantitative estimate of drug-likeness (QED) is 0.335. The Labute approximate surface area is 213 Å². The summed E-state index contributed by atoms with van der Waals surface area (Å²) in [6, 6.07) is 19.4. The summed E-state index contributed by atoms with van der Waals surface area (Å²) in [7, 11) is -3.07. The monoisotopic (exact) mass is 530 g/mol. The predicted molar refractivity (Wildman–Crippen MR) is 137 cm³/mol. The number of H-pyrrole nitrogens is 1. The lowest BCUT2D eigenvalue weighted by molar-refractivity contribution is -0.252. The molecule has 11 heteroatoms. The topological polar surface area (TPSA) is 134 Å². The number of aromatic nitrogens is 2. The Balaban J connectivity index is 1.75. The van der Waals surface area contributed by atoms with E-state index < -0.39 is 61.1 Å². The Kier molecular flexibility index (Phi) is 7.65. The van der Waals surface area contributed by atoms with Crippen LogP contribution in [0.2, 0.25) is 5.04 Å². The van der Waals surface area contributed by atoms with Gasteiger partial charge >= 0.3 is 5.69 Å². The van der Waals surface area contributed by atoms with Gasteiger partial charge in [0.25, 0.3) is 13.9 Å². The van der Waals surface area contributed by atoms with Crippen LogP contribution in [0.4, 0.5) is 4.39 Å². The third kappa shape index (κ3) is 4.86. The number of benzene rings is 2. The zero-order valence-electron chi connectivity index (χ0n) is 20.7. The SMILES string of the molecule is CC(C)(C)[Si](OC[C@H]1OC(n2c(=O)[nH]cc(F)c2=O)[C@H](O)[C@@H](O)[C@H]1O)(c1ccccc1)c1ccccc1. The lowest BCUT2D eigenvalue weighted by Gasteiger charge is -2.46. The molecule has 1 saturated heterocycles. The van der Waals surface area contributed by atoms with E-state index in [2.05, 4.69) is 25.8 Å². The molecular weight excluding hydrogens is 499 g/mol. The van der Waals surface area contributed by atoms with Crippen LogP contribution in [-0.2, 0) is 9.16 Å². The molecule has 0 bridgehead atoms. The van der Waals surface area contributed by atoms with E-state index in [4.69, 9.17) is 9.16 Å². The lowest BCUT2D eigenvalue weighted by Crippen LogP contribution is -2.68. The molecule has 1 fully saturated rings. The van der Waals surface area contributed by atoms with Crippen molar-refractivity contribution in [1.29, 1.82) is 0 Å². The minimum absolute atomic E-state index is 0.239. The molecule has 0 spiro atoms. The fourth-order valence-electron chi connectivity index (χ4n) is 4.95. The van der Waals surface area contributed by atoms with Gasteiger partial charge in [0.15, 0.2) is 6.23 Å². The Morgan fingerprint density at radius 2 is 1.49 bits per heavy atom. The zero-order chi connectivity index (χ0) is 27.0. The molecule has 5 atom stereocenters. The first-order valence-electron chi connectivity index (χ1n) is 11.9. The van der Waals surface area contributed by atoms with E-state index in [1.165, 1.54) is 0 Å². The highest BCUT2D eigenvalue weighted by Gasteiger charge is 2.52. The summed E-state index contributed by atoms with van der Waals surface area (Å²) < 4.78 is 26.8. The van der Waals surface area contributed by atoms with Gasteiger partial charge in [-0.05, 0) is 15.4 Å².